The first-order chi connectivity index (χ1) is 13.1. The topological polar surface area (TPSA) is 87.6 Å². The van der Waals surface area contributed by atoms with Gasteiger partial charge in [0.15, 0.2) is 5.78 Å². The summed E-state index contributed by atoms with van der Waals surface area (Å²) in [6.45, 7) is 0. The number of aromatic nitrogens is 1. The van der Waals surface area contributed by atoms with Crippen LogP contribution in [-0.2, 0) is 9.59 Å². The van der Waals surface area contributed by atoms with Crippen LogP contribution < -0.4 is 0 Å². The number of carbonyl (C=O) groups is 3. The lowest BCUT2D eigenvalue weighted by molar-refractivity contribution is -0.150. The maximum Gasteiger partial charge on any atom is 0.326 e. The van der Waals surface area contributed by atoms with E-state index in [9.17, 15) is 19.5 Å². The summed E-state index contributed by atoms with van der Waals surface area (Å²) in [6, 6.07) is 8.23. The molecule has 27 heavy (non-hydrogen) atoms. The van der Waals surface area contributed by atoms with Gasteiger partial charge in [-0.25, -0.2) is 4.79 Å². The fourth-order valence-electron chi connectivity index (χ4n) is 4.16. The van der Waals surface area contributed by atoms with E-state index in [1.807, 2.05) is 42.5 Å². The van der Waals surface area contributed by atoms with Crippen molar-refractivity contribution in [3.05, 3.63) is 54.4 Å². The third-order valence-electron chi connectivity index (χ3n) is 5.51. The van der Waals surface area contributed by atoms with Gasteiger partial charge in [-0.1, -0.05) is 36.4 Å². The lowest BCUT2D eigenvalue weighted by Gasteiger charge is -2.32. The molecule has 2 aromatic rings. The Labute approximate surface area is 156 Å². The number of aliphatic carboxylic acids is 1. The molecule has 1 aromatic heterocycles. The number of carboxylic acids is 1. The van der Waals surface area contributed by atoms with Gasteiger partial charge in [-0.05, 0) is 37.1 Å². The molecule has 0 bridgehead atoms. The molecule has 2 aliphatic heterocycles. The molecular formula is C21H20N2O4. The Morgan fingerprint density at radius 3 is 2.67 bits per heavy atom. The fraction of sp³-hybridized carbons (Fsp3) is 0.333. The molecule has 1 amide bonds. The van der Waals surface area contributed by atoms with Crippen LogP contribution in [0, 0.1) is 5.92 Å². The molecule has 3 unspecified atom stereocenters. The zero-order valence-electron chi connectivity index (χ0n) is 14.7. The molecule has 1 fully saturated rings. The molecule has 3 heterocycles. The minimum Gasteiger partial charge on any atom is -0.480 e. The van der Waals surface area contributed by atoms with Gasteiger partial charge < -0.3 is 10.0 Å². The van der Waals surface area contributed by atoms with Gasteiger partial charge in [0.25, 0.3) is 0 Å². The van der Waals surface area contributed by atoms with Gasteiger partial charge in [0.05, 0.1) is 0 Å². The van der Waals surface area contributed by atoms with E-state index in [0.717, 1.165) is 5.39 Å². The van der Waals surface area contributed by atoms with E-state index < -0.39 is 23.8 Å². The van der Waals surface area contributed by atoms with E-state index in [-0.39, 0.29) is 23.9 Å². The molecule has 0 spiro atoms. The molecule has 0 saturated carbocycles. The first-order valence-corrected chi connectivity index (χ1v) is 9.16. The number of carboxylic acid groups (broad SMARTS) is 1. The molecular weight excluding hydrogens is 344 g/mol. The SMILES string of the molecule is O=C(c1nccc2ccccc12)C1CC=CCC2CCC(C(=O)O)N2C1=O. The molecule has 6 nitrogen and oxygen atoms in total. The van der Waals surface area contributed by atoms with Crippen molar-refractivity contribution in [1.82, 2.24) is 9.88 Å². The fourth-order valence-corrected chi connectivity index (χ4v) is 4.16. The maximum absolute atomic E-state index is 13.3. The van der Waals surface area contributed by atoms with Crippen molar-refractivity contribution in [2.24, 2.45) is 5.92 Å². The number of allylic oxidation sites excluding steroid dienone is 1. The predicted molar refractivity (Wildman–Crippen MR) is 99.2 cm³/mol. The highest BCUT2D eigenvalue weighted by molar-refractivity contribution is 6.15. The average Bonchev–Trinajstić information content (AvgIpc) is 3.09. The normalized spacial score (nSPS) is 25.1. The van der Waals surface area contributed by atoms with Crippen molar-refractivity contribution in [3.63, 3.8) is 0 Å². The minimum absolute atomic E-state index is 0.161. The Bertz CT molecular complexity index is 947. The zero-order chi connectivity index (χ0) is 19.0. The first-order valence-electron chi connectivity index (χ1n) is 9.16. The second-order valence-corrected chi connectivity index (χ2v) is 7.07. The molecule has 1 aromatic carbocycles. The molecule has 4 rings (SSSR count). The summed E-state index contributed by atoms with van der Waals surface area (Å²) in [6.07, 6.45) is 7.33. The lowest BCUT2D eigenvalue weighted by atomic mass is 9.91. The number of rotatable bonds is 3. The van der Waals surface area contributed by atoms with Gasteiger partial charge in [0.2, 0.25) is 5.91 Å². The van der Waals surface area contributed by atoms with Crippen LogP contribution >= 0.6 is 0 Å². The summed E-state index contributed by atoms with van der Waals surface area (Å²) in [4.78, 5) is 43.8. The molecule has 6 heteroatoms. The highest BCUT2D eigenvalue weighted by Crippen LogP contribution is 2.32. The maximum atomic E-state index is 13.3. The van der Waals surface area contributed by atoms with Gasteiger partial charge >= 0.3 is 5.97 Å². The molecule has 2 aliphatic rings. The van der Waals surface area contributed by atoms with Crippen LogP contribution in [0.25, 0.3) is 10.8 Å². The second kappa shape index (κ2) is 6.95. The number of benzene rings is 1. The van der Waals surface area contributed by atoms with E-state index in [4.69, 9.17) is 0 Å². The minimum atomic E-state index is -1.01. The average molecular weight is 364 g/mol. The second-order valence-electron chi connectivity index (χ2n) is 7.07. The summed E-state index contributed by atoms with van der Waals surface area (Å²) in [5, 5.41) is 11.1. The number of nitrogens with zero attached hydrogens (tertiary/aromatic N) is 2. The van der Waals surface area contributed by atoms with Crippen molar-refractivity contribution in [1.29, 1.82) is 0 Å². The van der Waals surface area contributed by atoms with Crippen molar-refractivity contribution >= 4 is 28.4 Å². The molecule has 138 valence electrons. The van der Waals surface area contributed by atoms with Crippen LogP contribution in [0.15, 0.2) is 48.7 Å². The number of pyridine rings is 1. The Morgan fingerprint density at radius 1 is 1.07 bits per heavy atom. The number of amides is 1. The highest BCUT2D eigenvalue weighted by atomic mass is 16.4. The smallest absolute Gasteiger partial charge is 0.326 e. The Balaban J connectivity index is 1.74. The molecule has 0 aliphatic carbocycles. The monoisotopic (exact) mass is 364 g/mol. The van der Waals surface area contributed by atoms with Crippen molar-refractivity contribution in [2.75, 3.05) is 0 Å². The van der Waals surface area contributed by atoms with Gasteiger partial charge in [-0.2, -0.15) is 0 Å². The third kappa shape index (κ3) is 3.01. The predicted octanol–water partition coefficient (Wildman–Crippen LogP) is 2.83. The Morgan fingerprint density at radius 2 is 1.85 bits per heavy atom. The third-order valence-corrected chi connectivity index (χ3v) is 5.51. The Hall–Kier alpha value is -3.02. The van der Waals surface area contributed by atoms with E-state index in [1.165, 1.54) is 4.90 Å². The van der Waals surface area contributed by atoms with E-state index in [0.29, 0.717) is 24.6 Å². The van der Waals surface area contributed by atoms with E-state index in [2.05, 4.69) is 4.98 Å². The zero-order valence-corrected chi connectivity index (χ0v) is 14.7. The van der Waals surface area contributed by atoms with Crippen LogP contribution in [0.1, 0.15) is 36.2 Å². The summed E-state index contributed by atoms with van der Waals surface area (Å²) in [5.74, 6) is -2.70. The summed E-state index contributed by atoms with van der Waals surface area (Å²) in [7, 11) is 0. The molecule has 1 saturated heterocycles. The van der Waals surface area contributed by atoms with Crippen LogP contribution in [-0.4, -0.2) is 44.7 Å². The number of fused-ring (bicyclic) bond motifs is 2. The van der Waals surface area contributed by atoms with Gasteiger partial charge in [-0.3, -0.25) is 14.6 Å². The van der Waals surface area contributed by atoms with Crippen LogP contribution in [0.2, 0.25) is 0 Å². The number of carbonyl (C=O) groups excluding carboxylic acids is 2. The van der Waals surface area contributed by atoms with Crippen LogP contribution in [0.3, 0.4) is 0 Å². The highest BCUT2D eigenvalue weighted by Gasteiger charge is 2.45. The van der Waals surface area contributed by atoms with Gasteiger partial charge in [0.1, 0.15) is 17.7 Å². The standard InChI is InChI=1S/C21H20N2O4/c24-19(18-15-7-3-1-5-13(15)11-12-22-18)16-8-4-2-6-14-9-10-17(21(26)27)23(14)20(16)25/h1-5,7,11-12,14,16-17H,6,8-10H2,(H,26,27). The van der Waals surface area contributed by atoms with Crippen LogP contribution in [0.5, 0.6) is 0 Å². The first kappa shape index (κ1) is 17.4. The molecule has 1 N–H and O–H groups in total. The van der Waals surface area contributed by atoms with Crippen molar-refractivity contribution in [3.8, 4) is 0 Å². The number of Topliss-reactive ketones (excluding diaryl/α,β-unsaturated/α-hetero) is 1. The molecule has 3 atom stereocenters. The number of ketones is 1. The quantitative estimate of drug-likeness (QED) is 0.514. The van der Waals surface area contributed by atoms with Crippen molar-refractivity contribution in [2.45, 2.75) is 37.8 Å². The van der Waals surface area contributed by atoms with E-state index in [1.54, 1.807) is 6.20 Å². The van der Waals surface area contributed by atoms with Crippen LogP contribution in [0.4, 0.5) is 0 Å². The summed E-state index contributed by atoms with van der Waals surface area (Å²) in [5.41, 5.74) is 0.267. The number of hydrogen-bond donors (Lipinski definition) is 1. The lowest BCUT2D eigenvalue weighted by Crippen LogP contribution is -2.49. The Kier molecular flexibility index (Phi) is 4.48. The molecule has 0 radical (unpaired) electrons. The van der Waals surface area contributed by atoms with Crippen molar-refractivity contribution < 1.29 is 19.5 Å². The summed E-state index contributed by atoms with van der Waals surface area (Å²) >= 11 is 0. The van der Waals surface area contributed by atoms with Gasteiger partial charge in [-0.15, -0.1) is 0 Å². The number of hydrogen-bond acceptors (Lipinski definition) is 4. The van der Waals surface area contributed by atoms with E-state index >= 15 is 0 Å². The van der Waals surface area contributed by atoms with Gasteiger partial charge in [0, 0.05) is 17.6 Å². The largest absolute Gasteiger partial charge is 0.480 e. The summed E-state index contributed by atoms with van der Waals surface area (Å²) < 4.78 is 0.